The molecule has 3 aliphatic rings. The molecule has 3 saturated heterocycles. The number of ether oxygens (including phenoxy) is 2. The molecule has 1 aromatic rings. The van der Waals surface area contributed by atoms with E-state index < -0.39 is 5.60 Å². The first-order chi connectivity index (χ1) is 16.6. The van der Waals surface area contributed by atoms with E-state index in [-0.39, 0.29) is 29.8 Å². The molecular formula is C27H35N3O5. The fourth-order valence-electron chi connectivity index (χ4n) is 4.75. The van der Waals surface area contributed by atoms with E-state index in [1.807, 2.05) is 45.0 Å². The topological polar surface area (TPSA) is 79.4 Å². The highest BCUT2D eigenvalue weighted by molar-refractivity contribution is 6.08. The van der Waals surface area contributed by atoms with E-state index in [4.69, 9.17) is 9.47 Å². The highest BCUT2D eigenvalue weighted by atomic mass is 16.6. The maximum Gasteiger partial charge on any atom is 0.410 e. The second kappa shape index (κ2) is 10.4. The van der Waals surface area contributed by atoms with E-state index in [0.29, 0.717) is 39.2 Å². The highest BCUT2D eigenvalue weighted by Gasteiger charge is 2.41. The number of nitrogens with zero attached hydrogens (tertiary/aromatic N) is 3. The minimum atomic E-state index is -0.491. The normalized spacial score (nSPS) is 21.0. The SMILES string of the molecule is CC(C)(C)OC(=O)N1CCC2(CC1)CN(CC#Cc1ccc(N3CCC(=O)CC3=O)cc1)CCO2. The van der Waals surface area contributed by atoms with Crippen molar-refractivity contribution in [1.82, 2.24) is 9.80 Å². The summed E-state index contributed by atoms with van der Waals surface area (Å²) in [5, 5.41) is 0. The Bertz CT molecular complexity index is 1010. The van der Waals surface area contributed by atoms with E-state index >= 15 is 0 Å². The lowest BCUT2D eigenvalue weighted by Gasteiger charge is -2.46. The monoisotopic (exact) mass is 481 g/mol. The molecular weight excluding hydrogens is 446 g/mol. The number of hydrogen-bond acceptors (Lipinski definition) is 6. The Balaban J connectivity index is 1.28. The van der Waals surface area contributed by atoms with E-state index in [1.54, 1.807) is 9.80 Å². The molecule has 0 atom stereocenters. The first-order valence-corrected chi connectivity index (χ1v) is 12.4. The van der Waals surface area contributed by atoms with Gasteiger partial charge in [0, 0.05) is 50.4 Å². The lowest BCUT2D eigenvalue weighted by Crippen LogP contribution is -2.57. The van der Waals surface area contributed by atoms with Crippen molar-refractivity contribution in [2.75, 3.05) is 50.8 Å². The van der Waals surface area contributed by atoms with Crippen LogP contribution in [-0.2, 0) is 19.1 Å². The average molecular weight is 482 g/mol. The van der Waals surface area contributed by atoms with E-state index in [1.165, 1.54) is 0 Å². The molecule has 0 aliphatic carbocycles. The van der Waals surface area contributed by atoms with Crippen LogP contribution in [0.25, 0.3) is 0 Å². The van der Waals surface area contributed by atoms with Crippen molar-refractivity contribution in [2.45, 2.75) is 57.7 Å². The molecule has 188 valence electrons. The van der Waals surface area contributed by atoms with Gasteiger partial charge in [-0.2, -0.15) is 0 Å². The molecule has 0 saturated carbocycles. The summed E-state index contributed by atoms with van der Waals surface area (Å²) in [5.41, 5.74) is 0.973. The molecule has 3 fully saturated rings. The number of carbonyl (C=O) groups is 3. The van der Waals surface area contributed by atoms with Crippen LogP contribution in [0.4, 0.5) is 10.5 Å². The number of ketones is 1. The zero-order valence-electron chi connectivity index (χ0n) is 21.0. The molecule has 8 heteroatoms. The van der Waals surface area contributed by atoms with Gasteiger partial charge in [-0.05, 0) is 57.9 Å². The molecule has 0 N–H and O–H groups in total. The van der Waals surface area contributed by atoms with Gasteiger partial charge in [0.15, 0.2) is 0 Å². The summed E-state index contributed by atoms with van der Waals surface area (Å²) in [4.78, 5) is 41.7. The van der Waals surface area contributed by atoms with Crippen LogP contribution >= 0.6 is 0 Å². The Kier molecular flexibility index (Phi) is 7.48. The summed E-state index contributed by atoms with van der Waals surface area (Å²) in [6, 6.07) is 7.61. The minimum absolute atomic E-state index is 0.00669. The third-order valence-electron chi connectivity index (χ3n) is 6.63. The first-order valence-electron chi connectivity index (χ1n) is 12.4. The van der Waals surface area contributed by atoms with Gasteiger partial charge in [-0.15, -0.1) is 0 Å². The lowest BCUT2D eigenvalue weighted by atomic mass is 9.89. The quantitative estimate of drug-likeness (QED) is 0.478. The number of Topliss-reactive ketones (excluding diaryl/α,β-unsaturated/α-hetero) is 1. The first kappa shape index (κ1) is 25.2. The molecule has 0 bridgehead atoms. The summed E-state index contributed by atoms with van der Waals surface area (Å²) < 4.78 is 11.7. The Morgan fingerprint density at radius 1 is 1.09 bits per heavy atom. The second-order valence-electron chi connectivity index (χ2n) is 10.6. The zero-order chi connectivity index (χ0) is 25.1. The fourth-order valence-corrected chi connectivity index (χ4v) is 4.75. The Hall–Kier alpha value is -2.89. The molecule has 4 rings (SSSR count). The smallest absolute Gasteiger partial charge is 0.410 e. The van der Waals surface area contributed by atoms with Gasteiger partial charge in [-0.3, -0.25) is 14.5 Å². The molecule has 35 heavy (non-hydrogen) atoms. The summed E-state index contributed by atoms with van der Waals surface area (Å²) in [7, 11) is 0. The Labute approximate surface area is 207 Å². The second-order valence-corrected chi connectivity index (χ2v) is 10.6. The van der Waals surface area contributed by atoms with Crippen LogP contribution in [-0.4, -0.2) is 84.7 Å². The molecule has 2 amide bonds. The minimum Gasteiger partial charge on any atom is -0.444 e. The van der Waals surface area contributed by atoms with Crippen molar-refractivity contribution >= 4 is 23.5 Å². The number of anilines is 1. The highest BCUT2D eigenvalue weighted by Crippen LogP contribution is 2.30. The standard InChI is InChI=1S/C27H35N3O5/c1-26(2,3)35-25(33)29-15-11-27(12-16-29)20-28(17-18-34-27)13-4-5-21-6-8-22(9-7-21)30-14-10-23(31)19-24(30)32/h6-9H,10-20H2,1-3H3. The van der Waals surface area contributed by atoms with Crippen LogP contribution < -0.4 is 4.90 Å². The van der Waals surface area contributed by atoms with Crippen molar-refractivity contribution in [3.8, 4) is 11.8 Å². The van der Waals surface area contributed by atoms with Gasteiger partial charge in [0.2, 0.25) is 5.91 Å². The predicted octanol–water partition coefficient (Wildman–Crippen LogP) is 2.84. The summed E-state index contributed by atoms with van der Waals surface area (Å²) >= 11 is 0. The molecule has 0 aromatic heterocycles. The summed E-state index contributed by atoms with van der Waals surface area (Å²) in [5.74, 6) is 6.35. The van der Waals surface area contributed by atoms with Crippen molar-refractivity contribution < 1.29 is 23.9 Å². The van der Waals surface area contributed by atoms with E-state index in [9.17, 15) is 14.4 Å². The molecule has 3 aliphatic heterocycles. The van der Waals surface area contributed by atoms with Crippen molar-refractivity contribution in [3.05, 3.63) is 29.8 Å². The van der Waals surface area contributed by atoms with E-state index in [2.05, 4.69) is 16.7 Å². The van der Waals surface area contributed by atoms with Gasteiger partial charge in [-0.25, -0.2) is 4.79 Å². The number of morpholine rings is 1. The average Bonchev–Trinajstić information content (AvgIpc) is 2.79. The Morgan fingerprint density at radius 2 is 1.80 bits per heavy atom. The van der Waals surface area contributed by atoms with Crippen molar-refractivity contribution in [1.29, 1.82) is 0 Å². The summed E-state index contributed by atoms with van der Waals surface area (Å²) in [6.07, 6.45) is 1.72. The molecule has 0 radical (unpaired) electrons. The molecule has 0 unspecified atom stereocenters. The molecule has 8 nitrogen and oxygen atoms in total. The van der Waals surface area contributed by atoms with Crippen molar-refractivity contribution in [3.63, 3.8) is 0 Å². The van der Waals surface area contributed by atoms with Crippen LogP contribution in [0.1, 0.15) is 52.0 Å². The number of piperidine rings is 2. The third kappa shape index (κ3) is 6.62. The van der Waals surface area contributed by atoms with Crippen LogP contribution in [0.15, 0.2) is 24.3 Å². The largest absolute Gasteiger partial charge is 0.444 e. The lowest BCUT2D eigenvalue weighted by molar-refractivity contribution is -0.132. The number of rotatable bonds is 2. The van der Waals surface area contributed by atoms with Gasteiger partial charge < -0.3 is 19.3 Å². The number of carbonyl (C=O) groups excluding carboxylic acids is 3. The number of likely N-dealkylation sites (tertiary alicyclic amines) is 1. The van der Waals surface area contributed by atoms with Crippen LogP contribution in [0.2, 0.25) is 0 Å². The molecule has 1 aromatic carbocycles. The molecule has 3 heterocycles. The number of benzene rings is 1. The third-order valence-corrected chi connectivity index (χ3v) is 6.63. The van der Waals surface area contributed by atoms with Gasteiger partial charge >= 0.3 is 6.09 Å². The Morgan fingerprint density at radius 3 is 2.46 bits per heavy atom. The van der Waals surface area contributed by atoms with Gasteiger partial charge in [0.05, 0.1) is 25.2 Å². The predicted molar refractivity (Wildman–Crippen MR) is 132 cm³/mol. The summed E-state index contributed by atoms with van der Waals surface area (Å²) in [6.45, 7) is 10.3. The van der Waals surface area contributed by atoms with Crippen LogP contribution in [0.3, 0.4) is 0 Å². The number of hydrogen-bond donors (Lipinski definition) is 0. The fraction of sp³-hybridized carbons (Fsp3) is 0.593. The maximum atomic E-state index is 12.4. The van der Waals surface area contributed by atoms with E-state index in [0.717, 1.165) is 37.2 Å². The zero-order valence-corrected chi connectivity index (χ0v) is 21.0. The van der Waals surface area contributed by atoms with Crippen molar-refractivity contribution in [2.24, 2.45) is 0 Å². The van der Waals surface area contributed by atoms with Crippen LogP contribution in [0, 0.1) is 11.8 Å². The molecule has 1 spiro atoms. The van der Waals surface area contributed by atoms with Crippen LogP contribution in [0.5, 0.6) is 0 Å². The number of amides is 2. The van der Waals surface area contributed by atoms with Gasteiger partial charge in [-0.1, -0.05) is 11.8 Å². The maximum absolute atomic E-state index is 12.4. The van der Waals surface area contributed by atoms with Gasteiger partial charge in [0.1, 0.15) is 11.4 Å². The van der Waals surface area contributed by atoms with Gasteiger partial charge in [0.25, 0.3) is 0 Å².